The van der Waals surface area contributed by atoms with Gasteiger partial charge in [0.25, 0.3) is 0 Å². The SMILES string of the molecule is COC(C(N)Cc1cc(F)cc(Br)c1)C1CCCCC1. The van der Waals surface area contributed by atoms with Crippen LogP contribution >= 0.6 is 15.9 Å². The lowest BCUT2D eigenvalue weighted by Crippen LogP contribution is -2.43. The number of hydrogen-bond acceptors (Lipinski definition) is 2. The maximum atomic E-state index is 13.4. The van der Waals surface area contributed by atoms with Crippen molar-refractivity contribution < 1.29 is 9.13 Å². The average Bonchev–Trinajstić information content (AvgIpc) is 2.39. The molecule has 112 valence electrons. The molecule has 0 radical (unpaired) electrons. The summed E-state index contributed by atoms with van der Waals surface area (Å²) < 4.78 is 19.8. The van der Waals surface area contributed by atoms with Crippen molar-refractivity contribution in [3.63, 3.8) is 0 Å². The Kier molecular flexibility index (Phi) is 6.00. The number of hydrogen-bond donors (Lipinski definition) is 1. The van der Waals surface area contributed by atoms with Gasteiger partial charge in [0.1, 0.15) is 5.82 Å². The third-order valence-corrected chi connectivity index (χ3v) is 4.66. The first-order valence-corrected chi connectivity index (χ1v) is 8.13. The third kappa shape index (κ3) is 4.27. The highest BCUT2D eigenvalue weighted by atomic mass is 79.9. The van der Waals surface area contributed by atoms with Gasteiger partial charge in [0.2, 0.25) is 0 Å². The van der Waals surface area contributed by atoms with Crippen LogP contribution in [0.15, 0.2) is 22.7 Å². The molecule has 1 aromatic rings. The highest BCUT2D eigenvalue weighted by molar-refractivity contribution is 9.10. The van der Waals surface area contributed by atoms with Crippen molar-refractivity contribution in [3.05, 3.63) is 34.1 Å². The number of nitrogens with two attached hydrogens (primary N) is 1. The molecular weight excluding hydrogens is 321 g/mol. The van der Waals surface area contributed by atoms with E-state index in [0.29, 0.717) is 12.3 Å². The van der Waals surface area contributed by atoms with Crippen molar-refractivity contribution >= 4 is 15.9 Å². The molecule has 1 aliphatic carbocycles. The van der Waals surface area contributed by atoms with Gasteiger partial charge in [0.05, 0.1) is 6.10 Å². The van der Waals surface area contributed by atoms with E-state index in [4.69, 9.17) is 10.5 Å². The van der Waals surface area contributed by atoms with E-state index >= 15 is 0 Å². The van der Waals surface area contributed by atoms with Crippen molar-refractivity contribution in [2.75, 3.05) is 7.11 Å². The molecule has 0 heterocycles. The topological polar surface area (TPSA) is 35.2 Å². The van der Waals surface area contributed by atoms with E-state index < -0.39 is 0 Å². The van der Waals surface area contributed by atoms with E-state index in [0.717, 1.165) is 10.0 Å². The van der Waals surface area contributed by atoms with Crippen molar-refractivity contribution in [2.45, 2.75) is 50.7 Å². The van der Waals surface area contributed by atoms with Crippen LogP contribution in [0.25, 0.3) is 0 Å². The second-order valence-electron chi connectivity index (χ2n) is 5.74. The van der Waals surface area contributed by atoms with E-state index in [1.165, 1.54) is 38.2 Å². The Morgan fingerprint density at radius 3 is 2.60 bits per heavy atom. The summed E-state index contributed by atoms with van der Waals surface area (Å²) in [7, 11) is 1.74. The van der Waals surface area contributed by atoms with E-state index in [2.05, 4.69) is 15.9 Å². The van der Waals surface area contributed by atoms with E-state index in [1.807, 2.05) is 6.07 Å². The number of methoxy groups -OCH3 is 1. The monoisotopic (exact) mass is 343 g/mol. The van der Waals surface area contributed by atoms with Gasteiger partial charge >= 0.3 is 0 Å². The fourth-order valence-corrected chi connectivity index (χ4v) is 3.81. The smallest absolute Gasteiger partial charge is 0.124 e. The summed E-state index contributed by atoms with van der Waals surface area (Å²) in [4.78, 5) is 0. The molecule has 2 atom stereocenters. The molecule has 2 unspecified atom stereocenters. The van der Waals surface area contributed by atoms with E-state index in [1.54, 1.807) is 13.2 Å². The van der Waals surface area contributed by atoms with Crippen molar-refractivity contribution in [1.29, 1.82) is 0 Å². The summed E-state index contributed by atoms with van der Waals surface area (Å²) in [5, 5.41) is 0. The summed E-state index contributed by atoms with van der Waals surface area (Å²) in [6.07, 6.45) is 6.95. The lowest BCUT2D eigenvalue weighted by Gasteiger charge is -2.33. The molecule has 0 aromatic heterocycles. The maximum absolute atomic E-state index is 13.4. The molecule has 1 saturated carbocycles. The Labute approximate surface area is 129 Å². The third-order valence-electron chi connectivity index (χ3n) is 4.20. The molecule has 1 aliphatic rings. The van der Waals surface area contributed by atoms with Gasteiger partial charge < -0.3 is 10.5 Å². The van der Waals surface area contributed by atoms with Gasteiger partial charge in [0.15, 0.2) is 0 Å². The van der Waals surface area contributed by atoms with Crippen LogP contribution in [0, 0.1) is 11.7 Å². The fourth-order valence-electron chi connectivity index (χ4n) is 3.30. The van der Waals surface area contributed by atoms with Crippen molar-refractivity contribution in [2.24, 2.45) is 11.7 Å². The zero-order valence-corrected chi connectivity index (χ0v) is 13.5. The van der Waals surface area contributed by atoms with Crippen LogP contribution in [0.5, 0.6) is 0 Å². The van der Waals surface area contributed by atoms with Gasteiger partial charge in [-0.1, -0.05) is 35.2 Å². The van der Waals surface area contributed by atoms with Gasteiger partial charge in [-0.3, -0.25) is 0 Å². The van der Waals surface area contributed by atoms with Crippen molar-refractivity contribution in [1.82, 2.24) is 0 Å². The van der Waals surface area contributed by atoms with Crippen LogP contribution in [0.1, 0.15) is 37.7 Å². The Hall–Kier alpha value is -0.450. The normalized spacial score (nSPS) is 19.8. The first kappa shape index (κ1) is 15.9. The quantitative estimate of drug-likeness (QED) is 0.875. The molecule has 0 bridgehead atoms. The van der Waals surface area contributed by atoms with Crippen LogP contribution < -0.4 is 5.73 Å². The minimum absolute atomic E-state index is 0.0670. The number of rotatable bonds is 5. The number of ether oxygens (including phenoxy) is 1. The molecule has 1 aromatic carbocycles. The van der Waals surface area contributed by atoms with Crippen LogP contribution in [0.4, 0.5) is 4.39 Å². The summed E-state index contributed by atoms with van der Waals surface area (Å²) in [5.41, 5.74) is 7.25. The Morgan fingerprint density at radius 1 is 1.30 bits per heavy atom. The zero-order valence-electron chi connectivity index (χ0n) is 11.9. The van der Waals surface area contributed by atoms with Crippen LogP contribution in [-0.4, -0.2) is 19.3 Å². The van der Waals surface area contributed by atoms with Gasteiger partial charge in [0, 0.05) is 17.6 Å². The van der Waals surface area contributed by atoms with Gasteiger partial charge in [-0.05, 0) is 48.9 Å². The molecule has 0 aliphatic heterocycles. The number of halogens is 2. The van der Waals surface area contributed by atoms with E-state index in [9.17, 15) is 4.39 Å². The molecule has 1 fully saturated rings. The van der Waals surface area contributed by atoms with Crippen LogP contribution in [0.3, 0.4) is 0 Å². The summed E-state index contributed by atoms with van der Waals surface area (Å²) >= 11 is 3.32. The molecule has 0 amide bonds. The molecule has 2 N–H and O–H groups in total. The highest BCUT2D eigenvalue weighted by Crippen LogP contribution is 2.29. The average molecular weight is 344 g/mol. The predicted octanol–water partition coefficient (Wildman–Crippen LogP) is 4.05. The summed E-state index contributed by atoms with van der Waals surface area (Å²) in [5.74, 6) is 0.314. The zero-order chi connectivity index (χ0) is 14.5. The predicted molar refractivity (Wildman–Crippen MR) is 83.2 cm³/mol. The first-order chi connectivity index (χ1) is 9.60. The highest BCUT2D eigenvalue weighted by Gasteiger charge is 2.28. The number of benzene rings is 1. The maximum Gasteiger partial charge on any atom is 0.124 e. The van der Waals surface area contributed by atoms with Crippen LogP contribution in [-0.2, 0) is 11.2 Å². The van der Waals surface area contributed by atoms with Gasteiger partial charge in [-0.15, -0.1) is 0 Å². The Balaban J connectivity index is 2.02. The van der Waals surface area contributed by atoms with Gasteiger partial charge in [-0.2, -0.15) is 0 Å². The molecule has 20 heavy (non-hydrogen) atoms. The molecular formula is C16H23BrFNO. The minimum atomic E-state index is -0.229. The van der Waals surface area contributed by atoms with Crippen LogP contribution in [0.2, 0.25) is 0 Å². The molecule has 2 rings (SSSR count). The lowest BCUT2D eigenvalue weighted by molar-refractivity contribution is 0.0178. The summed E-state index contributed by atoms with van der Waals surface area (Å²) in [6, 6.07) is 4.86. The largest absolute Gasteiger partial charge is 0.380 e. The van der Waals surface area contributed by atoms with E-state index in [-0.39, 0.29) is 18.0 Å². The Morgan fingerprint density at radius 2 is 2.00 bits per heavy atom. The summed E-state index contributed by atoms with van der Waals surface area (Å²) in [6.45, 7) is 0. The standard InChI is InChI=1S/C16H23BrFNO/c1-20-16(12-5-3-2-4-6-12)15(19)9-11-7-13(17)10-14(18)8-11/h7-8,10,12,15-16H,2-6,9,19H2,1H3. The molecule has 0 spiro atoms. The second kappa shape index (κ2) is 7.53. The van der Waals surface area contributed by atoms with Gasteiger partial charge in [-0.25, -0.2) is 4.39 Å². The first-order valence-electron chi connectivity index (χ1n) is 7.33. The molecule has 0 saturated heterocycles. The second-order valence-corrected chi connectivity index (χ2v) is 6.66. The molecule has 2 nitrogen and oxygen atoms in total. The lowest BCUT2D eigenvalue weighted by atomic mass is 9.81. The van der Waals surface area contributed by atoms with Crippen molar-refractivity contribution in [3.8, 4) is 0 Å². The fraction of sp³-hybridized carbons (Fsp3) is 0.625. The minimum Gasteiger partial charge on any atom is -0.380 e. The Bertz CT molecular complexity index is 414. The molecule has 4 heteroatoms.